The van der Waals surface area contributed by atoms with Crippen LogP contribution in [0.1, 0.15) is 47.4 Å². The Hall–Kier alpha value is -2.55. The quantitative estimate of drug-likeness (QED) is 0.603. The molecule has 0 aromatic heterocycles. The van der Waals surface area contributed by atoms with Crippen molar-refractivity contribution in [2.75, 3.05) is 12.4 Å². The maximum Gasteiger partial charge on any atom is 0.338 e. The summed E-state index contributed by atoms with van der Waals surface area (Å²) >= 11 is 2.94. The number of hydrogen-bond acceptors (Lipinski definition) is 7. The fourth-order valence-electron chi connectivity index (χ4n) is 5.20. The molecule has 0 radical (unpaired) electrons. The summed E-state index contributed by atoms with van der Waals surface area (Å²) < 4.78 is 4.28. The highest BCUT2D eigenvalue weighted by molar-refractivity contribution is 8.17. The van der Waals surface area contributed by atoms with E-state index in [1.54, 1.807) is 30.5 Å². The Morgan fingerprint density at radius 1 is 1.11 bits per heavy atom. The number of carbonyl (C=O) groups excluding carboxylic acids is 2. The van der Waals surface area contributed by atoms with Crippen LogP contribution in [0.25, 0.3) is 0 Å². The van der Waals surface area contributed by atoms with Gasteiger partial charge in [0, 0.05) is 5.75 Å². The minimum absolute atomic E-state index is 0.213. The zero-order valence-corrected chi connectivity index (χ0v) is 21.8. The number of carbonyl (C=O) groups is 2. The van der Waals surface area contributed by atoms with E-state index in [9.17, 15) is 14.7 Å². The van der Waals surface area contributed by atoms with Crippen LogP contribution in [0.5, 0.6) is 0 Å². The fraction of sp³-hybridized carbons (Fsp3) is 0.370. The third-order valence-electron chi connectivity index (χ3n) is 6.96. The molecule has 2 aromatic carbocycles. The molecule has 3 aliphatic heterocycles. The van der Waals surface area contributed by atoms with Gasteiger partial charge >= 0.3 is 5.97 Å². The first-order valence-corrected chi connectivity index (χ1v) is 13.6. The van der Waals surface area contributed by atoms with E-state index in [0.29, 0.717) is 22.2 Å². The fourth-order valence-corrected chi connectivity index (χ4v) is 8.65. The van der Waals surface area contributed by atoms with Gasteiger partial charge in [-0.25, -0.2) is 9.79 Å². The zero-order valence-electron chi connectivity index (χ0n) is 20.1. The van der Waals surface area contributed by atoms with Crippen LogP contribution in [0.3, 0.4) is 0 Å². The molecule has 4 unspecified atom stereocenters. The average molecular weight is 509 g/mol. The number of amides is 1. The molecule has 35 heavy (non-hydrogen) atoms. The molecule has 1 spiro atoms. The van der Waals surface area contributed by atoms with E-state index in [4.69, 9.17) is 9.73 Å². The van der Waals surface area contributed by atoms with Crippen molar-refractivity contribution >= 4 is 40.6 Å². The SMILES string of the molecule is CCOC(=O)C1=C(C)N=C2SC3(C(=O)N2C1c1ccccc1C)C(O)CSC3c1ccccc1C. The molecule has 3 aliphatic rings. The van der Waals surface area contributed by atoms with Gasteiger partial charge in [0.2, 0.25) is 5.91 Å². The van der Waals surface area contributed by atoms with Crippen LogP contribution in [0.4, 0.5) is 0 Å². The smallest absolute Gasteiger partial charge is 0.338 e. The van der Waals surface area contributed by atoms with Gasteiger partial charge in [-0.2, -0.15) is 0 Å². The number of aliphatic hydroxyl groups excluding tert-OH is 1. The first-order chi connectivity index (χ1) is 16.8. The Morgan fingerprint density at radius 2 is 1.74 bits per heavy atom. The Kier molecular flexibility index (Phi) is 6.32. The number of thioether (sulfide) groups is 2. The summed E-state index contributed by atoms with van der Waals surface area (Å²) in [6, 6.07) is 15.1. The molecule has 3 heterocycles. The summed E-state index contributed by atoms with van der Waals surface area (Å²) in [5.74, 6) is -0.239. The number of aryl methyl sites for hydroxylation is 2. The molecule has 182 valence electrons. The van der Waals surface area contributed by atoms with Crippen LogP contribution in [-0.2, 0) is 14.3 Å². The molecular weight excluding hydrogens is 480 g/mol. The van der Waals surface area contributed by atoms with Crippen LogP contribution in [-0.4, -0.2) is 50.3 Å². The maximum absolute atomic E-state index is 14.5. The van der Waals surface area contributed by atoms with Crippen molar-refractivity contribution in [3.05, 3.63) is 82.1 Å². The second kappa shape index (κ2) is 9.15. The number of hydrogen-bond donors (Lipinski definition) is 1. The van der Waals surface area contributed by atoms with Gasteiger partial charge in [0.05, 0.1) is 35.3 Å². The van der Waals surface area contributed by atoms with E-state index >= 15 is 0 Å². The molecule has 1 amide bonds. The number of allylic oxidation sites excluding steroid dienone is 1. The Bertz CT molecular complexity index is 1270. The lowest BCUT2D eigenvalue weighted by Crippen LogP contribution is -2.50. The predicted octanol–water partition coefficient (Wildman–Crippen LogP) is 4.71. The highest BCUT2D eigenvalue weighted by Gasteiger charge is 2.66. The van der Waals surface area contributed by atoms with E-state index in [-0.39, 0.29) is 17.8 Å². The van der Waals surface area contributed by atoms with Crippen molar-refractivity contribution in [2.45, 2.75) is 49.8 Å². The molecule has 2 saturated heterocycles. The van der Waals surface area contributed by atoms with Crippen molar-refractivity contribution in [3.63, 3.8) is 0 Å². The van der Waals surface area contributed by atoms with Crippen LogP contribution < -0.4 is 0 Å². The van der Waals surface area contributed by atoms with Gasteiger partial charge in [-0.15, -0.1) is 11.8 Å². The Morgan fingerprint density at radius 3 is 2.37 bits per heavy atom. The summed E-state index contributed by atoms with van der Waals surface area (Å²) in [5.41, 5.74) is 4.83. The predicted molar refractivity (Wildman–Crippen MR) is 140 cm³/mol. The number of amidine groups is 1. The topological polar surface area (TPSA) is 79.2 Å². The number of fused-ring (bicyclic) bond motifs is 1. The van der Waals surface area contributed by atoms with Crippen molar-refractivity contribution < 1.29 is 19.4 Å². The lowest BCUT2D eigenvalue weighted by atomic mass is 9.87. The molecule has 1 N–H and O–H groups in total. The zero-order chi connectivity index (χ0) is 24.9. The van der Waals surface area contributed by atoms with Crippen LogP contribution in [0.2, 0.25) is 0 Å². The third kappa shape index (κ3) is 3.65. The van der Waals surface area contributed by atoms with Gasteiger partial charge in [-0.3, -0.25) is 9.69 Å². The Labute approximate surface area is 213 Å². The minimum Gasteiger partial charge on any atom is -0.463 e. The number of ether oxygens (including phenoxy) is 1. The third-order valence-corrected chi connectivity index (χ3v) is 10.1. The number of rotatable bonds is 4. The van der Waals surface area contributed by atoms with Crippen molar-refractivity contribution in [3.8, 4) is 0 Å². The number of benzene rings is 2. The molecule has 8 heteroatoms. The van der Waals surface area contributed by atoms with Crippen LogP contribution in [0, 0.1) is 13.8 Å². The summed E-state index contributed by atoms with van der Waals surface area (Å²) in [5, 5.41) is 11.6. The number of esters is 1. The van der Waals surface area contributed by atoms with Gasteiger partial charge in [-0.1, -0.05) is 60.3 Å². The molecule has 0 saturated carbocycles. The van der Waals surface area contributed by atoms with Gasteiger partial charge in [0.1, 0.15) is 4.75 Å². The molecule has 2 aromatic rings. The van der Waals surface area contributed by atoms with Crippen molar-refractivity contribution in [2.24, 2.45) is 4.99 Å². The van der Waals surface area contributed by atoms with E-state index in [1.165, 1.54) is 11.8 Å². The van der Waals surface area contributed by atoms with E-state index in [0.717, 1.165) is 22.3 Å². The monoisotopic (exact) mass is 508 g/mol. The lowest BCUT2D eigenvalue weighted by molar-refractivity contribution is -0.140. The second-order valence-corrected chi connectivity index (χ2v) is 11.4. The first kappa shape index (κ1) is 24.2. The van der Waals surface area contributed by atoms with Crippen LogP contribution in [0.15, 0.2) is 64.8 Å². The number of nitrogens with zero attached hydrogens (tertiary/aromatic N) is 2. The minimum atomic E-state index is -1.12. The number of aliphatic imine (C=N–C) groups is 1. The maximum atomic E-state index is 14.5. The Balaban J connectivity index is 1.68. The molecule has 6 nitrogen and oxygen atoms in total. The highest BCUT2D eigenvalue weighted by atomic mass is 32.2. The van der Waals surface area contributed by atoms with E-state index < -0.39 is 22.9 Å². The normalized spacial score (nSPS) is 27.9. The average Bonchev–Trinajstić information content (AvgIpc) is 3.30. The van der Waals surface area contributed by atoms with Gasteiger partial charge in [0.25, 0.3) is 0 Å². The largest absolute Gasteiger partial charge is 0.463 e. The second-order valence-electron chi connectivity index (χ2n) is 9.03. The molecule has 0 bridgehead atoms. The number of aliphatic hydroxyl groups is 1. The van der Waals surface area contributed by atoms with E-state index in [1.807, 2.05) is 62.4 Å². The van der Waals surface area contributed by atoms with Crippen molar-refractivity contribution in [1.29, 1.82) is 0 Å². The molecule has 5 rings (SSSR count). The van der Waals surface area contributed by atoms with Gasteiger partial charge in [0.15, 0.2) is 5.17 Å². The standard InChI is InChI=1S/C27H28N2O4S2/c1-5-33-24(31)21-17(4)28-26-29(22(21)18-12-8-6-10-15(18)2)25(32)27(35-26)20(30)14-34-23(27)19-13-9-7-11-16(19)3/h6-13,20,22-23,30H,5,14H2,1-4H3. The molecule has 4 atom stereocenters. The molecule has 0 aliphatic carbocycles. The van der Waals surface area contributed by atoms with Gasteiger partial charge in [-0.05, 0) is 49.9 Å². The summed E-state index contributed by atoms with van der Waals surface area (Å²) in [6.07, 6.45) is -0.855. The summed E-state index contributed by atoms with van der Waals surface area (Å²) in [4.78, 5) is 34.0. The molecular formula is C27H28N2O4S2. The lowest BCUT2D eigenvalue weighted by Gasteiger charge is -2.35. The highest BCUT2D eigenvalue weighted by Crippen LogP contribution is 2.61. The van der Waals surface area contributed by atoms with Crippen molar-refractivity contribution in [1.82, 2.24) is 4.90 Å². The summed E-state index contributed by atoms with van der Waals surface area (Å²) in [7, 11) is 0. The molecule has 2 fully saturated rings. The van der Waals surface area contributed by atoms with Crippen LogP contribution >= 0.6 is 23.5 Å². The first-order valence-electron chi connectivity index (χ1n) is 11.7. The summed E-state index contributed by atoms with van der Waals surface area (Å²) in [6.45, 7) is 7.78. The van der Waals surface area contributed by atoms with Gasteiger partial charge < -0.3 is 9.84 Å². The van der Waals surface area contributed by atoms with E-state index in [2.05, 4.69) is 0 Å².